The molecule has 3 aromatic heterocycles. The fourth-order valence-corrected chi connectivity index (χ4v) is 5.93. The van der Waals surface area contributed by atoms with Crippen molar-refractivity contribution in [2.45, 2.75) is 38.7 Å². The lowest BCUT2D eigenvalue weighted by atomic mass is 9.76. The number of methoxy groups -OCH3 is 1. The molecule has 1 aromatic carbocycles. The molecule has 37 heavy (non-hydrogen) atoms. The largest absolute Gasteiger partial charge is 0.497 e. The molecule has 1 fully saturated rings. The van der Waals surface area contributed by atoms with Crippen molar-refractivity contribution in [1.82, 2.24) is 24.4 Å². The molecule has 8 nitrogen and oxygen atoms in total. The molecule has 2 aliphatic rings. The third kappa shape index (κ3) is 4.21. The summed E-state index contributed by atoms with van der Waals surface area (Å²) in [5.41, 5.74) is 10.3. The van der Waals surface area contributed by atoms with Crippen LogP contribution in [-0.2, 0) is 25.9 Å². The number of hydrogen-bond acceptors (Lipinski definition) is 6. The Hall–Kier alpha value is -3.24. The molecule has 4 heterocycles. The van der Waals surface area contributed by atoms with E-state index in [1.54, 1.807) is 24.9 Å². The number of hydrogen-bond donors (Lipinski definition) is 1. The van der Waals surface area contributed by atoms with Gasteiger partial charge in [-0.2, -0.15) is 19.0 Å². The standard InChI is InChI=1S/C26H29F2N7O.ClH/c1-16-23(21-13-22(26(27,28)29)32-33(21)2)35-20(6-9-30-35)24(31-16)34-10-7-25(8-11-34)14-17-4-5-19(36-3)12-18(17)15-25;/h4-6,9,12-13H,7-8,10-11,14-15,29H2,1-3H3;1H. The molecular formula is C26H30ClF2N7O. The minimum absolute atomic E-state index is 0. The fraction of sp³-hybridized carbons (Fsp3) is 0.423. The number of halogens is 3. The lowest BCUT2D eigenvalue weighted by Gasteiger charge is -2.40. The van der Waals surface area contributed by atoms with Crippen LogP contribution in [0.2, 0.25) is 0 Å². The number of fused-ring (bicyclic) bond motifs is 2. The van der Waals surface area contributed by atoms with Crippen LogP contribution >= 0.6 is 12.4 Å². The van der Waals surface area contributed by atoms with Gasteiger partial charge in [0.25, 0.3) is 0 Å². The monoisotopic (exact) mass is 529 g/mol. The third-order valence-corrected chi connectivity index (χ3v) is 7.83. The normalized spacial score (nSPS) is 16.8. The highest BCUT2D eigenvalue weighted by Crippen LogP contribution is 2.46. The van der Waals surface area contributed by atoms with E-state index in [9.17, 15) is 8.78 Å². The summed E-state index contributed by atoms with van der Waals surface area (Å²) in [5.74, 6) is 1.79. The van der Waals surface area contributed by atoms with Crippen molar-refractivity contribution in [3.8, 4) is 17.1 Å². The molecule has 1 aliphatic carbocycles. The van der Waals surface area contributed by atoms with E-state index in [1.807, 2.05) is 13.0 Å². The van der Waals surface area contributed by atoms with Gasteiger partial charge in [0.1, 0.15) is 22.7 Å². The molecule has 0 amide bonds. The zero-order chi connectivity index (χ0) is 25.2. The number of alkyl halides is 2. The molecule has 0 saturated carbocycles. The maximum absolute atomic E-state index is 13.7. The van der Waals surface area contributed by atoms with E-state index in [0.717, 1.165) is 55.9 Å². The number of anilines is 1. The van der Waals surface area contributed by atoms with E-state index in [4.69, 9.17) is 15.5 Å². The second-order valence-electron chi connectivity index (χ2n) is 10.1. The van der Waals surface area contributed by atoms with Gasteiger partial charge in [0.05, 0.1) is 24.7 Å². The van der Waals surface area contributed by atoms with Crippen LogP contribution in [-0.4, -0.2) is 44.6 Å². The van der Waals surface area contributed by atoms with Gasteiger partial charge in [-0.05, 0) is 73.4 Å². The number of nitrogens with zero attached hydrogens (tertiary/aromatic N) is 6. The van der Waals surface area contributed by atoms with Crippen molar-refractivity contribution in [2.75, 3.05) is 25.1 Å². The summed E-state index contributed by atoms with van der Waals surface area (Å²) in [5, 5.41) is 8.44. The van der Waals surface area contributed by atoms with Gasteiger partial charge in [0.15, 0.2) is 5.82 Å². The number of aryl methyl sites for hydroxylation is 2. The van der Waals surface area contributed by atoms with E-state index in [1.165, 1.54) is 21.9 Å². The van der Waals surface area contributed by atoms with Crippen LogP contribution in [0, 0.1) is 12.3 Å². The highest BCUT2D eigenvalue weighted by Gasteiger charge is 2.40. The Morgan fingerprint density at radius 2 is 1.81 bits per heavy atom. The van der Waals surface area contributed by atoms with Crippen molar-refractivity contribution in [3.63, 3.8) is 0 Å². The van der Waals surface area contributed by atoms with Gasteiger partial charge < -0.3 is 9.64 Å². The Balaban J connectivity index is 0.00000280. The van der Waals surface area contributed by atoms with Crippen molar-refractivity contribution in [2.24, 2.45) is 18.2 Å². The first-order chi connectivity index (χ1) is 17.2. The van der Waals surface area contributed by atoms with Gasteiger partial charge in [0, 0.05) is 20.1 Å². The second-order valence-corrected chi connectivity index (χ2v) is 10.1. The molecule has 0 unspecified atom stereocenters. The number of aromatic nitrogens is 5. The molecule has 196 valence electrons. The zero-order valence-electron chi connectivity index (χ0n) is 21.0. The number of benzene rings is 1. The predicted molar refractivity (Wildman–Crippen MR) is 140 cm³/mol. The average Bonchev–Trinajstić information content (AvgIpc) is 3.55. The van der Waals surface area contributed by atoms with Crippen LogP contribution in [0.4, 0.5) is 14.6 Å². The number of ether oxygens (including phenoxy) is 1. The summed E-state index contributed by atoms with van der Waals surface area (Å²) in [4.78, 5) is 7.28. The van der Waals surface area contributed by atoms with Crippen molar-refractivity contribution in [3.05, 3.63) is 59.0 Å². The predicted octanol–water partition coefficient (Wildman–Crippen LogP) is 4.26. The molecule has 4 aromatic rings. The lowest BCUT2D eigenvalue weighted by molar-refractivity contribution is -0.00215. The molecule has 11 heteroatoms. The first-order valence-electron chi connectivity index (χ1n) is 12.1. The molecule has 0 radical (unpaired) electrons. The summed E-state index contributed by atoms with van der Waals surface area (Å²) >= 11 is 0. The smallest absolute Gasteiger partial charge is 0.345 e. The molecule has 1 aliphatic heterocycles. The molecule has 0 bridgehead atoms. The molecule has 1 saturated heterocycles. The number of piperidine rings is 1. The minimum Gasteiger partial charge on any atom is -0.497 e. The van der Waals surface area contributed by atoms with E-state index < -0.39 is 11.7 Å². The Morgan fingerprint density at radius 3 is 2.49 bits per heavy atom. The van der Waals surface area contributed by atoms with Crippen LogP contribution in [0.5, 0.6) is 5.75 Å². The van der Waals surface area contributed by atoms with Crippen molar-refractivity contribution >= 4 is 23.7 Å². The highest BCUT2D eigenvalue weighted by molar-refractivity contribution is 5.85. The first kappa shape index (κ1) is 25.4. The Morgan fingerprint density at radius 1 is 1.08 bits per heavy atom. The summed E-state index contributed by atoms with van der Waals surface area (Å²) in [6.07, 6.45) is 6.04. The summed E-state index contributed by atoms with van der Waals surface area (Å²) < 4.78 is 36.1. The van der Waals surface area contributed by atoms with Gasteiger partial charge >= 0.3 is 6.05 Å². The van der Waals surface area contributed by atoms with E-state index in [0.29, 0.717) is 17.1 Å². The Labute approximate surface area is 219 Å². The maximum Gasteiger partial charge on any atom is 0.345 e. The van der Waals surface area contributed by atoms with Crippen molar-refractivity contribution in [1.29, 1.82) is 0 Å². The topological polar surface area (TPSA) is 86.5 Å². The summed E-state index contributed by atoms with van der Waals surface area (Å²) in [7, 11) is 3.33. The van der Waals surface area contributed by atoms with E-state index in [2.05, 4.69) is 33.3 Å². The first-order valence-corrected chi connectivity index (χ1v) is 12.1. The Kier molecular flexibility index (Phi) is 6.15. The average molecular weight is 530 g/mol. The zero-order valence-corrected chi connectivity index (χ0v) is 21.9. The van der Waals surface area contributed by atoms with Gasteiger partial charge in [-0.15, -0.1) is 12.4 Å². The molecule has 6 rings (SSSR count). The van der Waals surface area contributed by atoms with Gasteiger partial charge in [-0.3, -0.25) is 10.4 Å². The van der Waals surface area contributed by atoms with Gasteiger partial charge in [-0.25, -0.2) is 9.50 Å². The van der Waals surface area contributed by atoms with E-state index in [-0.39, 0.29) is 17.8 Å². The lowest BCUT2D eigenvalue weighted by Crippen LogP contribution is -2.41. The van der Waals surface area contributed by atoms with Gasteiger partial charge in [0.2, 0.25) is 0 Å². The Bertz CT molecular complexity index is 1470. The number of rotatable bonds is 4. The molecule has 2 N–H and O–H groups in total. The van der Waals surface area contributed by atoms with Crippen LogP contribution in [0.25, 0.3) is 16.9 Å². The fourth-order valence-electron chi connectivity index (χ4n) is 5.93. The van der Waals surface area contributed by atoms with Crippen LogP contribution < -0.4 is 15.4 Å². The summed E-state index contributed by atoms with van der Waals surface area (Å²) in [6, 6.07) is 6.15. The number of nitrogens with two attached hydrogens (primary N) is 1. The minimum atomic E-state index is -3.52. The molecular weight excluding hydrogens is 500 g/mol. The van der Waals surface area contributed by atoms with Gasteiger partial charge in [-0.1, -0.05) is 6.07 Å². The third-order valence-electron chi connectivity index (χ3n) is 7.83. The van der Waals surface area contributed by atoms with Crippen LogP contribution in [0.3, 0.4) is 0 Å². The van der Waals surface area contributed by atoms with Crippen LogP contribution in [0.15, 0.2) is 36.5 Å². The second kappa shape index (κ2) is 8.95. The molecule has 0 atom stereocenters. The van der Waals surface area contributed by atoms with Crippen LogP contribution in [0.1, 0.15) is 35.4 Å². The van der Waals surface area contributed by atoms with E-state index >= 15 is 0 Å². The van der Waals surface area contributed by atoms with Crippen molar-refractivity contribution < 1.29 is 13.5 Å². The SMILES string of the molecule is COc1ccc2c(c1)CC1(CCN(c3nc(C)c(-c4cc(C(N)(F)F)nn4C)n4nccc34)CC1)C2.Cl. The highest BCUT2D eigenvalue weighted by atomic mass is 35.5. The quantitative estimate of drug-likeness (QED) is 0.397. The maximum atomic E-state index is 13.7. The summed E-state index contributed by atoms with van der Waals surface area (Å²) in [6.45, 7) is 3.67. The molecule has 1 spiro atoms.